The molecule has 3 amide bonds. The van der Waals surface area contributed by atoms with Crippen LogP contribution in [0.25, 0.3) is 0 Å². The van der Waals surface area contributed by atoms with E-state index >= 15 is 0 Å². The lowest BCUT2D eigenvalue weighted by Crippen LogP contribution is -2.37. The van der Waals surface area contributed by atoms with Crippen LogP contribution in [0, 0.1) is 0 Å². The highest BCUT2D eigenvalue weighted by atomic mass is 32.2. The molecule has 0 aliphatic carbocycles. The molecule has 1 fully saturated rings. The van der Waals surface area contributed by atoms with Crippen molar-refractivity contribution >= 4 is 33.4 Å². The number of hydrogen-bond donors (Lipinski definition) is 1. The summed E-state index contributed by atoms with van der Waals surface area (Å²) >= 11 is 0. The zero-order valence-corrected chi connectivity index (χ0v) is 18.4. The summed E-state index contributed by atoms with van der Waals surface area (Å²) in [7, 11) is -3.15. The highest BCUT2D eigenvalue weighted by molar-refractivity contribution is 7.91. The van der Waals surface area contributed by atoms with Crippen LogP contribution in [0.1, 0.15) is 59.6 Å². The Morgan fingerprint density at radius 1 is 1.16 bits per heavy atom. The topological polar surface area (TPSA) is 118 Å². The number of imide groups is 1. The molecule has 2 aliphatic rings. The minimum atomic E-state index is -3.15. The molecule has 4 rings (SSSR count). The fourth-order valence-electron chi connectivity index (χ4n) is 3.81. The Labute approximate surface area is 180 Å². The molecule has 1 aromatic carbocycles. The zero-order chi connectivity index (χ0) is 22.6. The molecule has 1 saturated heterocycles. The van der Waals surface area contributed by atoms with Gasteiger partial charge in [0, 0.05) is 11.5 Å². The maximum absolute atomic E-state index is 12.7. The van der Waals surface area contributed by atoms with Gasteiger partial charge in [-0.3, -0.25) is 19.3 Å². The van der Waals surface area contributed by atoms with E-state index in [1.807, 2.05) is 20.8 Å². The summed E-state index contributed by atoms with van der Waals surface area (Å²) < 4.78 is 25.5. The summed E-state index contributed by atoms with van der Waals surface area (Å²) in [6, 6.07) is 7.77. The number of carbonyl (C=O) groups is 3. The van der Waals surface area contributed by atoms with E-state index in [9.17, 15) is 22.8 Å². The molecule has 1 N–H and O–H groups in total. The first-order valence-electron chi connectivity index (χ1n) is 10.0. The van der Waals surface area contributed by atoms with E-state index < -0.39 is 34.1 Å². The van der Waals surface area contributed by atoms with Gasteiger partial charge < -0.3 is 5.32 Å². The van der Waals surface area contributed by atoms with E-state index in [4.69, 9.17) is 0 Å². The third kappa shape index (κ3) is 3.99. The molecular weight excluding hydrogens is 420 g/mol. The number of benzene rings is 1. The highest BCUT2D eigenvalue weighted by Crippen LogP contribution is 2.31. The predicted molar refractivity (Wildman–Crippen MR) is 114 cm³/mol. The summed E-state index contributed by atoms with van der Waals surface area (Å²) in [6.45, 7) is 5.46. The summed E-state index contributed by atoms with van der Waals surface area (Å²) in [5, 5.41) is 7.29. The van der Waals surface area contributed by atoms with Gasteiger partial charge in [-0.15, -0.1) is 0 Å². The van der Waals surface area contributed by atoms with Crippen LogP contribution in [-0.2, 0) is 20.0 Å². The lowest BCUT2D eigenvalue weighted by molar-refractivity contribution is -0.116. The SMILES string of the molecule is CC(C)(C)c1cc(NC(=O)CN2C(=O)c3ccccc3C2=O)n(C2CCS(=O)(=O)C2)n1. The van der Waals surface area contributed by atoms with Gasteiger partial charge >= 0.3 is 0 Å². The predicted octanol–water partition coefficient (Wildman–Crippen LogP) is 1.77. The number of rotatable bonds is 4. The van der Waals surface area contributed by atoms with Crippen molar-refractivity contribution < 1.29 is 22.8 Å². The third-order valence-corrected chi connectivity index (χ3v) is 7.26. The fourth-order valence-corrected chi connectivity index (χ4v) is 5.50. The molecule has 1 unspecified atom stereocenters. The molecule has 0 spiro atoms. The van der Waals surface area contributed by atoms with Crippen molar-refractivity contribution in [3.05, 3.63) is 47.2 Å². The number of amides is 3. The molecule has 0 bridgehead atoms. The second-order valence-electron chi connectivity index (χ2n) is 8.96. The first-order valence-corrected chi connectivity index (χ1v) is 11.8. The second-order valence-corrected chi connectivity index (χ2v) is 11.2. The van der Waals surface area contributed by atoms with Gasteiger partial charge in [-0.25, -0.2) is 13.1 Å². The third-order valence-electron chi connectivity index (χ3n) is 5.51. The van der Waals surface area contributed by atoms with Crippen LogP contribution in [0.4, 0.5) is 5.82 Å². The Balaban J connectivity index is 1.56. The lowest BCUT2D eigenvalue weighted by Gasteiger charge is -2.16. The van der Waals surface area contributed by atoms with E-state index in [2.05, 4.69) is 10.4 Å². The molecule has 0 radical (unpaired) electrons. The Kier molecular flexibility index (Phi) is 5.00. The highest BCUT2D eigenvalue weighted by Gasteiger charge is 2.37. The van der Waals surface area contributed by atoms with Crippen LogP contribution in [0.15, 0.2) is 30.3 Å². The molecule has 3 heterocycles. The lowest BCUT2D eigenvalue weighted by atomic mass is 9.92. The summed E-state index contributed by atoms with van der Waals surface area (Å²) in [4.78, 5) is 38.7. The van der Waals surface area contributed by atoms with Crippen LogP contribution >= 0.6 is 0 Å². The molecule has 10 heteroatoms. The number of aromatic nitrogens is 2. The Morgan fingerprint density at radius 3 is 2.29 bits per heavy atom. The zero-order valence-electron chi connectivity index (χ0n) is 17.6. The van der Waals surface area contributed by atoms with Gasteiger partial charge in [0.15, 0.2) is 9.84 Å². The van der Waals surface area contributed by atoms with Crippen LogP contribution in [0.5, 0.6) is 0 Å². The Morgan fingerprint density at radius 2 is 1.77 bits per heavy atom. The molecule has 1 aromatic heterocycles. The number of fused-ring (bicyclic) bond motifs is 1. The van der Waals surface area contributed by atoms with Crippen molar-refractivity contribution in [2.75, 3.05) is 23.4 Å². The largest absolute Gasteiger partial charge is 0.309 e. The van der Waals surface area contributed by atoms with Gasteiger partial charge in [0.2, 0.25) is 5.91 Å². The van der Waals surface area contributed by atoms with Crippen molar-refractivity contribution in [1.82, 2.24) is 14.7 Å². The van der Waals surface area contributed by atoms with Crippen molar-refractivity contribution in [2.45, 2.75) is 38.6 Å². The van der Waals surface area contributed by atoms with E-state index in [0.717, 1.165) is 4.90 Å². The summed E-state index contributed by atoms with van der Waals surface area (Å²) in [5.41, 5.74) is 0.936. The fraction of sp³-hybridized carbons (Fsp3) is 0.429. The van der Waals surface area contributed by atoms with Gasteiger partial charge in [0.05, 0.1) is 34.4 Å². The van der Waals surface area contributed by atoms with Gasteiger partial charge in [-0.05, 0) is 18.6 Å². The summed E-state index contributed by atoms with van der Waals surface area (Å²) in [6.07, 6.45) is 0.412. The van der Waals surface area contributed by atoms with E-state index in [1.165, 1.54) is 0 Å². The normalized spacial score (nSPS) is 20.2. The van der Waals surface area contributed by atoms with Crippen LogP contribution in [0.3, 0.4) is 0 Å². The number of carbonyl (C=O) groups excluding carboxylic acids is 3. The molecule has 2 aromatic rings. The number of sulfone groups is 1. The molecule has 9 nitrogen and oxygen atoms in total. The Hall–Kier alpha value is -3.01. The number of anilines is 1. The van der Waals surface area contributed by atoms with E-state index in [-0.39, 0.29) is 34.1 Å². The molecule has 0 saturated carbocycles. The van der Waals surface area contributed by atoms with Gasteiger partial charge in [0.1, 0.15) is 12.4 Å². The van der Waals surface area contributed by atoms with Crippen molar-refractivity contribution in [2.24, 2.45) is 0 Å². The average Bonchev–Trinajstić information content (AvgIpc) is 3.33. The van der Waals surface area contributed by atoms with Crippen molar-refractivity contribution in [3.63, 3.8) is 0 Å². The van der Waals surface area contributed by atoms with E-state index in [0.29, 0.717) is 17.9 Å². The van der Waals surface area contributed by atoms with Crippen molar-refractivity contribution in [1.29, 1.82) is 0 Å². The standard InChI is InChI=1S/C21H24N4O5S/c1-21(2,3)16-10-17(25(23-16)13-8-9-31(29,30)12-13)22-18(26)11-24-19(27)14-6-4-5-7-15(14)20(24)28/h4-7,10,13H,8-9,11-12H2,1-3H3,(H,22,26). The molecule has 1 atom stereocenters. The molecular formula is C21H24N4O5S. The monoisotopic (exact) mass is 444 g/mol. The minimum Gasteiger partial charge on any atom is -0.309 e. The second kappa shape index (κ2) is 7.30. The number of nitrogens with one attached hydrogen (secondary N) is 1. The maximum atomic E-state index is 12.7. The van der Waals surface area contributed by atoms with E-state index in [1.54, 1.807) is 35.0 Å². The molecule has 2 aliphatic heterocycles. The summed E-state index contributed by atoms with van der Waals surface area (Å²) in [5.74, 6) is -1.20. The Bertz CT molecular complexity index is 1160. The van der Waals surface area contributed by atoms with Gasteiger partial charge in [-0.2, -0.15) is 5.10 Å². The molecule has 164 valence electrons. The first-order chi connectivity index (χ1) is 14.5. The molecule has 31 heavy (non-hydrogen) atoms. The quantitative estimate of drug-likeness (QED) is 0.718. The smallest absolute Gasteiger partial charge is 0.262 e. The van der Waals surface area contributed by atoms with Crippen LogP contribution < -0.4 is 5.32 Å². The van der Waals surface area contributed by atoms with Gasteiger partial charge in [0.25, 0.3) is 11.8 Å². The maximum Gasteiger partial charge on any atom is 0.262 e. The average molecular weight is 445 g/mol. The minimum absolute atomic E-state index is 0.0421. The van der Waals surface area contributed by atoms with Crippen LogP contribution in [0.2, 0.25) is 0 Å². The van der Waals surface area contributed by atoms with Gasteiger partial charge in [-0.1, -0.05) is 32.9 Å². The van der Waals surface area contributed by atoms with Crippen molar-refractivity contribution in [3.8, 4) is 0 Å². The van der Waals surface area contributed by atoms with Crippen LogP contribution in [-0.4, -0.2) is 58.9 Å². The first kappa shape index (κ1) is 21.2. The number of hydrogen-bond acceptors (Lipinski definition) is 6. The number of nitrogens with zero attached hydrogens (tertiary/aromatic N) is 3.